The van der Waals surface area contributed by atoms with E-state index in [9.17, 15) is 4.79 Å². The standard InChI is InChI=1S/C12H9ClN2O3/c13-8-1-3-10(4-2-8)18-7-9-5-15-11(6-14-9)12(16)17/h1-6H,7H2,(H,16,17). The molecule has 0 radical (unpaired) electrons. The number of nitrogens with zero attached hydrogens (tertiary/aromatic N) is 2. The number of aromatic carboxylic acids is 1. The van der Waals surface area contributed by atoms with Crippen LogP contribution < -0.4 is 4.74 Å². The van der Waals surface area contributed by atoms with Crippen LogP contribution in [0.15, 0.2) is 36.7 Å². The summed E-state index contributed by atoms with van der Waals surface area (Å²) in [5.41, 5.74) is 0.459. The fraction of sp³-hybridized carbons (Fsp3) is 0.0833. The van der Waals surface area contributed by atoms with Gasteiger partial charge in [0, 0.05) is 5.02 Å². The Balaban J connectivity index is 1.97. The Kier molecular flexibility index (Phi) is 3.74. The van der Waals surface area contributed by atoms with E-state index in [2.05, 4.69) is 9.97 Å². The summed E-state index contributed by atoms with van der Waals surface area (Å²) in [5, 5.41) is 9.30. The zero-order chi connectivity index (χ0) is 13.0. The predicted molar refractivity (Wildman–Crippen MR) is 64.8 cm³/mol. The van der Waals surface area contributed by atoms with Crippen molar-refractivity contribution in [1.29, 1.82) is 0 Å². The molecule has 1 aromatic carbocycles. The quantitative estimate of drug-likeness (QED) is 0.918. The monoisotopic (exact) mass is 264 g/mol. The molecule has 0 spiro atoms. The third-order valence-electron chi connectivity index (χ3n) is 2.12. The molecule has 0 saturated heterocycles. The van der Waals surface area contributed by atoms with Gasteiger partial charge in [-0.3, -0.25) is 4.98 Å². The van der Waals surface area contributed by atoms with Crippen molar-refractivity contribution in [2.24, 2.45) is 0 Å². The molecule has 2 rings (SSSR count). The van der Waals surface area contributed by atoms with Crippen LogP contribution >= 0.6 is 11.6 Å². The Morgan fingerprint density at radius 1 is 1.22 bits per heavy atom. The average Bonchev–Trinajstić information content (AvgIpc) is 2.38. The Bertz CT molecular complexity index is 540. The highest BCUT2D eigenvalue weighted by Crippen LogP contribution is 2.16. The molecular weight excluding hydrogens is 256 g/mol. The van der Waals surface area contributed by atoms with Gasteiger partial charge < -0.3 is 9.84 Å². The largest absolute Gasteiger partial charge is 0.487 e. The summed E-state index contributed by atoms with van der Waals surface area (Å²) >= 11 is 5.74. The van der Waals surface area contributed by atoms with Gasteiger partial charge in [-0.05, 0) is 24.3 Å². The maximum Gasteiger partial charge on any atom is 0.356 e. The van der Waals surface area contributed by atoms with Gasteiger partial charge in [0.1, 0.15) is 12.4 Å². The van der Waals surface area contributed by atoms with Gasteiger partial charge in [0.25, 0.3) is 0 Å². The first-order chi connectivity index (χ1) is 8.65. The first kappa shape index (κ1) is 12.3. The number of carboxylic acids is 1. The van der Waals surface area contributed by atoms with Gasteiger partial charge in [-0.25, -0.2) is 9.78 Å². The Hall–Kier alpha value is -2.14. The van der Waals surface area contributed by atoms with E-state index < -0.39 is 5.97 Å². The van der Waals surface area contributed by atoms with E-state index in [1.165, 1.54) is 12.4 Å². The van der Waals surface area contributed by atoms with Gasteiger partial charge in [0.15, 0.2) is 5.69 Å². The fourth-order valence-corrected chi connectivity index (χ4v) is 1.35. The summed E-state index contributed by atoms with van der Waals surface area (Å²) in [7, 11) is 0. The van der Waals surface area contributed by atoms with Crippen molar-refractivity contribution in [3.63, 3.8) is 0 Å². The van der Waals surface area contributed by atoms with Crippen LogP contribution in [0.1, 0.15) is 16.2 Å². The molecule has 1 heterocycles. The highest BCUT2D eigenvalue weighted by Gasteiger charge is 2.05. The molecule has 0 saturated carbocycles. The van der Waals surface area contributed by atoms with Crippen LogP contribution in [-0.2, 0) is 6.61 Å². The van der Waals surface area contributed by atoms with Crippen molar-refractivity contribution in [3.8, 4) is 5.75 Å². The van der Waals surface area contributed by atoms with E-state index in [0.717, 1.165) is 0 Å². The van der Waals surface area contributed by atoms with Crippen molar-refractivity contribution in [1.82, 2.24) is 9.97 Å². The molecule has 0 unspecified atom stereocenters. The van der Waals surface area contributed by atoms with Gasteiger partial charge in [-0.15, -0.1) is 0 Å². The maximum absolute atomic E-state index is 10.6. The minimum absolute atomic E-state index is 0.0924. The van der Waals surface area contributed by atoms with Gasteiger partial charge in [-0.1, -0.05) is 11.6 Å². The Labute approximate surface area is 108 Å². The van der Waals surface area contributed by atoms with Crippen LogP contribution in [0.3, 0.4) is 0 Å². The fourth-order valence-electron chi connectivity index (χ4n) is 1.23. The van der Waals surface area contributed by atoms with Gasteiger partial charge in [-0.2, -0.15) is 0 Å². The second kappa shape index (κ2) is 5.46. The van der Waals surface area contributed by atoms with E-state index in [0.29, 0.717) is 16.5 Å². The van der Waals surface area contributed by atoms with E-state index in [-0.39, 0.29) is 12.3 Å². The lowest BCUT2D eigenvalue weighted by molar-refractivity contribution is 0.0690. The van der Waals surface area contributed by atoms with Crippen molar-refractivity contribution < 1.29 is 14.6 Å². The number of halogens is 1. The summed E-state index contributed by atoms with van der Waals surface area (Å²) < 4.78 is 5.44. The SMILES string of the molecule is O=C(O)c1cnc(COc2ccc(Cl)cc2)cn1. The molecule has 0 aliphatic carbocycles. The topological polar surface area (TPSA) is 72.3 Å². The summed E-state index contributed by atoms with van der Waals surface area (Å²) in [6.07, 6.45) is 2.57. The predicted octanol–water partition coefficient (Wildman–Crippen LogP) is 2.41. The molecular formula is C12H9ClN2O3. The molecule has 0 fully saturated rings. The highest BCUT2D eigenvalue weighted by atomic mass is 35.5. The molecule has 92 valence electrons. The third kappa shape index (κ3) is 3.18. The number of benzene rings is 1. The Morgan fingerprint density at radius 2 is 1.94 bits per heavy atom. The molecule has 5 nitrogen and oxygen atoms in total. The number of rotatable bonds is 4. The molecule has 0 bridgehead atoms. The number of carboxylic acid groups (broad SMARTS) is 1. The van der Waals surface area contributed by atoms with Crippen LogP contribution in [0.4, 0.5) is 0 Å². The van der Waals surface area contributed by atoms with Crippen LogP contribution in [0, 0.1) is 0 Å². The zero-order valence-corrected chi connectivity index (χ0v) is 9.96. The minimum Gasteiger partial charge on any atom is -0.487 e. The number of carbonyl (C=O) groups is 1. The second-order valence-electron chi connectivity index (χ2n) is 3.44. The molecule has 0 atom stereocenters. The average molecular weight is 265 g/mol. The third-order valence-corrected chi connectivity index (χ3v) is 2.38. The molecule has 1 aromatic heterocycles. The molecule has 0 amide bonds. The van der Waals surface area contributed by atoms with Crippen molar-refractivity contribution >= 4 is 17.6 Å². The van der Waals surface area contributed by atoms with Gasteiger partial charge in [0.2, 0.25) is 0 Å². The summed E-state index contributed by atoms with van der Waals surface area (Å²) in [5.74, 6) is -0.448. The number of hydrogen-bond acceptors (Lipinski definition) is 4. The van der Waals surface area contributed by atoms with E-state index in [1.54, 1.807) is 24.3 Å². The van der Waals surface area contributed by atoms with E-state index >= 15 is 0 Å². The first-order valence-electron chi connectivity index (χ1n) is 5.08. The minimum atomic E-state index is -1.10. The first-order valence-corrected chi connectivity index (χ1v) is 5.45. The van der Waals surface area contributed by atoms with Crippen molar-refractivity contribution in [2.75, 3.05) is 0 Å². The van der Waals surface area contributed by atoms with Gasteiger partial charge >= 0.3 is 5.97 Å². The summed E-state index contributed by atoms with van der Waals surface area (Å²) in [6.45, 7) is 0.217. The van der Waals surface area contributed by atoms with Gasteiger partial charge in [0.05, 0.1) is 18.1 Å². The van der Waals surface area contributed by atoms with E-state index in [4.69, 9.17) is 21.4 Å². The van der Waals surface area contributed by atoms with Crippen molar-refractivity contribution in [2.45, 2.75) is 6.61 Å². The van der Waals surface area contributed by atoms with E-state index in [1.807, 2.05) is 0 Å². The number of ether oxygens (including phenoxy) is 1. The Morgan fingerprint density at radius 3 is 2.50 bits per heavy atom. The number of aromatic nitrogens is 2. The molecule has 2 aromatic rings. The zero-order valence-electron chi connectivity index (χ0n) is 9.21. The van der Waals surface area contributed by atoms with Crippen LogP contribution in [-0.4, -0.2) is 21.0 Å². The van der Waals surface area contributed by atoms with Crippen LogP contribution in [0.25, 0.3) is 0 Å². The maximum atomic E-state index is 10.6. The molecule has 6 heteroatoms. The summed E-state index contributed by atoms with van der Waals surface area (Å²) in [6, 6.07) is 6.91. The van der Waals surface area contributed by atoms with Crippen molar-refractivity contribution in [3.05, 3.63) is 53.1 Å². The second-order valence-corrected chi connectivity index (χ2v) is 3.88. The number of hydrogen-bond donors (Lipinski definition) is 1. The van der Waals surface area contributed by atoms with Crippen LogP contribution in [0.5, 0.6) is 5.75 Å². The molecule has 18 heavy (non-hydrogen) atoms. The summed E-state index contributed by atoms with van der Waals surface area (Å²) in [4.78, 5) is 18.3. The molecule has 0 aliphatic rings. The highest BCUT2D eigenvalue weighted by molar-refractivity contribution is 6.30. The normalized spacial score (nSPS) is 10.1. The smallest absolute Gasteiger partial charge is 0.356 e. The molecule has 0 aliphatic heterocycles. The lowest BCUT2D eigenvalue weighted by Crippen LogP contribution is -2.04. The lowest BCUT2D eigenvalue weighted by atomic mass is 10.3. The lowest BCUT2D eigenvalue weighted by Gasteiger charge is -2.05. The molecule has 1 N–H and O–H groups in total. The van der Waals surface area contributed by atoms with Crippen LogP contribution in [0.2, 0.25) is 5.02 Å².